The first-order valence-electron chi connectivity index (χ1n) is 7.91. The summed E-state index contributed by atoms with van der Waals surface area (Å²) in [6.45, 7) is 3.81. The Kier molecular flexibility index (Phi) is 4.28. The number of fused-ring (bicyclic) bond motifs is 1. The molecule has 0 bridgehead atoms. The monoisotopic (exact) mass is 383 g/mol. The Bertz CT molecular complexity index is 1140. The summed E-state index contributed by atoms with van der Waals surface area (Å²) in [7, 11) is 0. The fourth-order valence-corrected chi connectivity index (χ4v) is 3.41. The molecule has 10 nitrogen and oxygen atoms in total. The summed E-state index contributed by atoms with van der Waals surface area (Å²) in [5, 5.41) is 23.7. The first kappa shape index (κ1) is 17.1. The quantitative estimate of drug-likeness (QED) is 0.290. The summed E-state index contributed by atoms with van der Waals surface area (Å²) in [4.78, 5) is 19.0. The third-order valence-electron chi connectivity index (χ3n) is 3.79. The summed E-state index contributed by atoms with van der Waals surface area (Å²) >= 11 is 1.41. The summed E-state index contributed by atoms with van der Waals surface area (Å²) < 4.78 is 7.13. The minimum absolute atomic E-state index is 0.0101. The molecule has 4 aromatic rings. The lowest BCUT2D eigenvalue weighted by atomic mass is 10.2. The highest BCUT2D eigenvalue weighted by Gasteiger charge is 2.14. The number of aromatic nitrogens is 6. The summed E-state index contributed by atoms with van der Waals surface area (Å²) in [5.74, 6) is 2.01. The lowest BCUT2D eigenvalue weighted by Crippen LogP contribution is -1.98. The molecule has 4 rings (SSSR count). The molecule has 0 aliphatic heterocycles. The van der Waals surface area contributed by atoms with E-state index in [9.17, 15) is 10.1 Å². The molecule has 0 radical (unpaired) electrons. The zero-order valence-corrected chi connectivity index (χ0v) is 15.2. The van der Waals surface area contributed by atoms with E-state index in [4.69, 9.17) is 4.52 Å². The van der Waals surface area contributed by atoms with Crippen molar-refractivity contribution < 1.29 is 9.45 Å². The Morgan fingerprint density at radius 2 is 1.96 bits per heavy atom. The molecular weight excluding hydrogens is 370 g/mol. The topological polar surface area (TPSA) is 125 Å². The number of nitro benzene ring substituents is 1. The highest BCUT2D eigenvalue weighted by atomic mass is 32.2. The highest BCUT2D eigenvalue weighted by molar-refractivity contribution is 7.98. The third kappa shape index (κ3) is 3.36. The van der Waals surface area contributed by atoms with Gasteiger partial charge in [-0.2, -0.15) is 4.98 Å². The lowest BCUT2D eigenvalue weighted by molar-refractivity contribution is -0.384. The van der Waals surface area contributed by atoms with Crippen molar-refractivity contribution in [2.45, 2.75) is 24.8 Å². The van der Waals surface area contributed by atoms with Crippen molar-refractivity contribution in [1.82, 2.24) is 29.7 Å². The molecule has 0 atom stereocenters. The SMILES string of the molecule is Cc1cc2nnc(SCc3nc(-c4ccc([N+](=O)[O-])cc4)no3)n2c(C)n1. The maximum atomic E-state index is 10.7. The Balaban J connectivity index is 1.51. The van der Waals surface area contributed by atoms with Gasteiger partial charge in [-0.1, -0.05) is 16.9 Å². The molecule has 0 aliphatic carbocycles. The van der Waals surface area contributed by atoms with Gasteiger partial charge in [-0.25, -0.2) is 4.98 Å². The number of rotatable bonds is 5. The third-order valence-corrected chi connectivity index (χ3v) is 4.70. The molecule has 0 saturated carbocycles. The molecule has 3 aromatic heterocycles. The van der Waals surface area contributed by atoms with Crippen LogP contribution >= 0.6 is 11.8 Å². The van der Waals surface area contributed by atoms with E-state index in [0.717, 1.165) is 17.2 Å². The van der Waals surface area contributed by atoms with Crippen molar-refractivity contribution in [2.24, 2.45) is 0 Å². The highest BCUT2D eigenvalue weighted by Crippen LogP contribution is 2.24. The largest absolute Gasteiger partial charge is 0.338 e. The Labute approximate surface area is 156 Å². The van der Waals surface area contributed by atoms with E-state index in [1.54, 1.807) is 12.1 Å². The number of nitro groups is 1. The van der Waals surface area contributed by atoms with Crippen molar-refractivity contribution in [3.8, 4) is 11.4 Å². The number of nitrogens with zero attached hydrogens (tertiary/aromatic N) is 7. The molecule has 0 unspecified atom stereocenters. The number of thioether (sulfide) groups is 1. The first-order chi connectivity index (χ1) is 13.0. The summed E-state index contributed by atoms with van der Waals surface area (Å²) in [5.41, 5.74) is 2.27. The van der Waals surface area contributed by atoms with E-state index >= 15 is 0 Å². The molecule has 0 amide bonds. The van der Waals surface area contributed by atoms with Crippen LogP contribution in [0, 0.1) is 24.0 Å². The van der Waals surface area contributed by atoms with Gasteiger partial charge < -0.3 is 4.52 Å². The van der Waals surface area contributed by atoms with Gasteiger partial charge in [-0.15, -0.1) is 10.2 Å². The van der Waals surface area contributed by atoms with Gasteiger partial charge in [0.1, 0.15) is 5.82 Å². The van der Waals surface area contributed by atoms with Gasteiger partial charge in [-0.3, -0.25) is 14.5 Å². The van der Waals surface area contributed by atoms with E-state index in [1.165, 1.54) is 23.9 Å². The van der Waals surface area contributed by atoms with Crippen molar-refractivity contribution in [3.63, 3.8) is 0 Å². The standard InChI is InChI=1S/C16H13N7O3S/c1-9-7-13-19-20-16(22(13)10(2)17-9)27-8-14-18-15(21-26-14)11-3-5-12(6-4-11)23(24)25/h3-7H,8H2,1-2H3. The van der Waals surface area contributed by atoms with Crippen LogP contribution in [-0.2, 0) is 5.75 Å². The average Bonchev–Trinajstić information content (AvgIpc) is 3.27. The minimum Gasteiger partial charge on any atom is -0.338 e. The predicted octanol–water partition coefficient (Wildman–Crippen LogP) is 2.99. The van der Waals surface area contributed by atoms with Gasteiger partial charge in [0.25, 0.3) is 5.69 Å². The van der Waals surface area contributed by atoms with Crippen LogP contribution in [0.5, 0.6) is 0 Å². The van der Waals surface area contributed by atoms with Gasteiger partial charge in [0.05, 0.1) is 10.7 Å². The van der Waals surface area contributed by atoms with Crippen molar-refractivity contribution in [3.05, 3.63) is 57.9 Å². The first-order valence-corrected chi connectivity index (χ1v) is 8.89. The van der Waals surface area contributed by atoms with Crippen LogP contribution < -0.4 is 0 Å². The van der Waals surface area contributed by atoms with Crippen molar-refractivity contribution in [1.29, 1.82) is 0 Å². The average molecular weight is 383 g/mol. The van der Waals surface area contributed by atoms with Crippen LogP contribution in [0.1, 0.15) is 17.4 Å². The number of hydrogen-bond donors (Lipinski definition) is 0. The van der Waals surface area contributed by atoms with Crippen molar-refractivity contribution in [2.75, 3.05) is 0 Å². The van der Waals surface area contributed by atoms with Crippen LogP contribution in [0.2, 0.25) is 0 Å². The number of aryl methyl sites for hydroxylation is 2. The number of non-ortho nitro benzene ring substituents is 1. The maximum Gasteiger partial charge on any atom is 0.269 e. The Hall–Kier alpha value is -3.34. The predicted molar refractivity (Wildman–Crippen MR) is 96.2 cm³/mol. The molecule has 11 heteroatoms. The van der Waals surface area contributed by atoms with Gasteiger partial charge in [0.15, 0.2) is 10.8 Å². The van der Waals surface area contributed by atoms with Crippen LogP contribution in [0.25, 0.3) is 17.0 Å². The molecule has 3 heterocycles. The van der Waals surface area contributed by atoms with E-state index < -0.39 is 4.92 Å². The van der Waals surface area contributed by atoms with E-state index in [1.807, 2.05) is 24.3 Å². The Morgan fingerprint density at radius 3 is 2.70 bits per heavy atom. The summed E-state index contributed by atoms with van der Waals surface area (Å²) in [6, 6.07) is 7.84. The van der Waals surface area contributed by atoms with Gasteiger partial charge in [-0.05, 0) is 26.0 Å². The molecule has 0 aliphatic rings. The zero-order valence-electron chi connectivity index (χ0n) is 14.4. The molecule has 136 valence electrons. The van der Waals surface area contributed by atoms with Gasteiger partial charge in [0, 0.05) is 29.5 Å². The molecule has 0 saturated heterocycles. The van der Waals surface area contributed by atoms with Gasteiger partial charge in [0.2, 0.25) is 11.7 Å². The molecule has 1 aromatic carbocycles. The van der Waals surface area contributed by atoms with E-state index in [-0.39, 0.29) is 5.69 Å². The second-order valence-electron chi connectivity index (χ2n) is 5.73. The second-order valence-corrected chi connectivity index (χ2v) is 6.67. The van der Waals surface area contributed by atoms with E-state index in [0.29, 0.717) is 28.2 Å². The van der Waals surface area contributed by atoms with Crippen LogP contribution in [0.4, 0.5) is 5.69 Å². The zero-order chi connectivity index (χ0) is 19.0. The Morgan fingerprint density at radius 1 is 1.19 bits per heavy atom. The smallest absolute Gasteiger partial charge is 0.269 e. The molecule has 27 heavy (non-hydrogen) atoms. The van der Waals surface area contributed by atoms with Crippen LogP contribution in [-0.4, -0.2) is 34.6 Å². The van der Waals surface area contributed by atoms with Gasteiger partial charge >= 0.3 is 0 Å². The normalized spacial score (nSPS) is 11.2. The van der Waals surface area contributed by atoms with Crippen molar-refractivity contribution >= 4 is 23.1 Å². The molecular formula is C16H13N7O3S. The lowest BCUT2D eigenvalue weighted by Gasteiger charge is -2.02. The van der Waals surface area contributed by atoms with Crippen LogP contribution in [0.15, 0.2) is 40.0 Å². The van der Waals surface area contributed by atoms with E-state index in [2.05, 4.69) is 25.3 Å². The fraction of sp³-hybridized carbons (Fsp3) is 0.188. The number of hydrogen-bond acceptors (Lipinski definition) is 9. The van der Waals surface area contributed by atoms with Crippen LogP contribution in [0.3, 0.4) is 0 Å². The second kappa shape index (κ2) is 6.76. The molecule has 0 N–H and O–H groups in total. The molecule has 0 spiro atoms. The summed E-state index contributed by atoms with van der Waals surface area (Å²) in [6.07, 6.45) is 0. The molecule has 0 fully saturated rings. The fourth-order valence-electron chi connectivity index (χ4n) is 2.59. The maximum absolute atomic E-state index is 10.7. The minimum atomic E-state index is -0.455. The number of benzene rings is 1.